The molecule has 3 aromatic rings. The van der Waals surface area contributed by atoms with E-state index in [1.165, 1.54) is 43.3 Å². The number of nitrogens with one attached hydrogen (secondary N) is 1. The smallest absolute Gasteiger partial charge is 0.264 e. The number of sulfonamides is 1. The van der Waals surface area contributed by atoms with Gasteiger partial charge in [-0.25, -0.2) is 8.42 Å². The van der Waals surface area contributed by atoms with Crippen LogP contribution in [-0.4, -0.2) is 58.5 Å². The Kier molecular flexibility index (Phi) is 10.8. The summed E-state index contributed by atoms with van der Waals surface area (Å²) in [7, 11) is -1.16. The van der Waals surface area contributed by atoms with Crippen molar-refractivity contribution in [3.63, 3.8) is 0 Å². The molecule has 0 heterocycles. The normalized spacial score (nSPS) is 11.8. The molecule has 0 saturated heterocycles. The van der Waals surface area contributed by atoms with E-state index in [2.05, 4.69) is 5.32 Å². The van der Waals surface area contributed by atoms with Gasteiger partial charge in [-0.05, 0) is 79.6 Å². The zero-order valence-corrected chi connectivity index (χ0v) is 24.5. The maximum atomic E-state index is 14.0. The number of nitrogens with zero attached hydrogens (tertiary/aromatic N) is 2. The molecule has 0 radical (unpaired) electrons. The molecule has 0 bridgehead atoms. The van der Waals surface area contributed by atoms with Gasteiger partial charge in [-0.1, -0.05) is 30.7 Å². The van der Waals surface area contributed by atoms with E-state index in [-0.39, 0.29) is 23.0 Å². The number of carbonyl (C=O) groups excluding carboxylic acids is 2. The highest BCUT2D eigenvalue weighted by molar-refractivity contribution is 7.92. The zero-order valence-electron chi connectivity index (χ0n) is 23.0. The molecule has 0 unspecified atom stereocenters. The number of ether oxygens (including phenoxy) is 2. The van der Waals surface area contributed by atoms with Crippen LogP contribution in [0, 0.1) is 0 Å². The lowest BCUT2D eigenvalue weighted by molar-refractivity contribution is -0.140. The van der Waals surface area contributed by atoms with Gasteiger partial charge in [-0.2, -0.15) is 0 Å². The minimum Gasteiger partial charge on any atom is -0.497 e. The van der Waals surface area contributed by atoms with Crippen LogP contribution in [0.25, 0.3) is 0 Å². The highest BCUT2D eigenvalue weighted by Gasteiger charge is 2.33. The van der Waals surface area contributed by atoms with Crippen LogP contribution in [0.1, 0.15) is 25.8 Å². The summed E-state index contributed by atoms with van der Waals surface area (Å²) < 4.78 is 39.6. The number of hydrogen-bond acceptors (Lipinski definition) is 6. The summed E-state index contributed by atoms with van der Waals surface area (Å²) in [5, 5.41) is 2.99. The second-order valence-electron chi connectivity index (χ2n) is 8.80. The van der Waals surface area contributed by atoms with Gasteiger partial charge in [0.15, 0.2) is 0 Å². The number of anilines is 1. The number of amides is 2. The van der Waals surface area contributed by atoms with Crippen molar-refractivity contribution in [3.05, 3.63) is 83.4 Å². The summed E-state index contributed by atoms with van der Waals surface area (Å²) in [5.74, 6) is 0.252. The van der Waals surface area contributed by atoms with Crippen LogP contribution < -0.4 is 19.1 Å². The standard InChI is InChI=1S/C29H34ClN3O6S/c1-5-27(29(35)31-3)32(19-21-8-7-9-25(18-21)38-4)28(34)20-33(23-12-14-24(15-13-23)39-6-2)40(36,37)26-16-10-22(30)11-17-26/h7-18,27H,5-6,19-20H2,1-4H3,(H,31,35)/t27-/m1/s1. The molecule has 11 heteroatoms. The minimum atomic E-state index is -4.20. The second kappa shape index (κ2) is 14.0. The zero-order chi connectivity index (χ0) is 29.3. The van der Waals surface area contributed by atoms with Crippen molar-refractivity contribution >= 4 is 39.1 Å². The fraction of sp³-hybridized carbons (Fsp3) is 0.310. The van der Waals surface area contributed by atoms with E-state index < -0.39 is 28.5 Å². The molecule has 2 amide bonds. The van der Waals surface area contributed by atoms with Crippen molar-refractivity contribution in [3.8, 4) is 11.5 Å². The monoisotopic (exact) mass is 587 g/mol. The molecule has 214 valence electrons. The molecule has 1 N–H and O–H groups in total. The van der Waals surface area contributed by atoms with Gasteiger partial charge in [-0.3, -0.25) is 13.9 Å². The van der Waals surface area contributed by atoms with Gasteiger partial charge in [-0.15, -0.1) is 0 Å². The van der Waals surface area contributed by atoms with Gasteiger partial charge in [0.05, 0.1) is 24.3 Å². The fourth-order valence-electron chi connectivity index (χ4n) is 4.19. The topological polar surface area (TPSA) is 105 Å². The Balaban J connectivity index is 2.06. The third-order valence-electron chi connectivity index (χ3n) is 6.24. The summed E-state index contributed by atoms with van der Waals surface area (Å²) in [5.41, 5.74) is 0.990. The van der Waals surface area contributed by atoms with Gasteiger partial charge < -0.3 is 19.7 Å². The highest BCUT2D eigenvalue weighted by Crippen LogP contribution is 2.28. The Morgan fingerprint density at radius 3 is 2.23 bits per heavy atom. The molecule has 0 aliphatic heterocycles. The number of halogens is 1. The van der Waals surface area contributed by atoms with E-state index in [1.807, 2.05) is 13.0 Å². The van der Waals surface area contributed by atoms with Crippen LogP contribution in [0.2, 0.25) is 5.02 Å². The minimum absolute atomic E-state index is 0.0312. The van der Waals surface area contributed by atoms with E-state index in [9.17, 15) is 18.0 Å². The first-order chi connectivity index (χ1) is 19.1. The Hall–Kier alpha value is -3.76. The molecule has 1 atom stereocenters. The first kappa shape index (κ1) is 30.8. The second-order valence-corrected chi connectivity index (χ2v) is 11.1. The Labute approximate surface area is 240 Å². The number of benzene rings is 3. The summed E-state index contributed by atoms with van der Waals surface area (Å²) >= 11 is 5.99. The fourth-order valence-corrected chi connectivity index (χ4v) is 5.73. The summed E-state index contributed by atoms with van der Waals surface area (Å²) in [6.07, 6.45) is 0.322. The number of carbonyl (C=O) groups is 2. The molecule has 0 aromatic heterocycles. The lowest BCUT2D eigenvalue weighted by Gasteiger charge is -2.33. The number of methoxy groups -OCH3 is 1. The average Bonchev–Trinajstić information content (AvgIpc) is 2.96. The predicted octanol–water partition coefficient (Wildman–Crippen LogP) is 4.50. The van der Waals surface area contributed by atoms with Gasteiger partial charge in [0.25, 0.3) is 10.0 Å². The number of rotatable bonds is 13. The van der Waals surface area contributed by atoms with Crippen LogP contribution in [-0.2, 0) is 26.2 Å². The molecule has 0 spiro atoms. The lowest BCUT2D eigenvalue weighted by Crippen LogP contribution is -2.51. The maximum absolute atomic E-state index is 14.0. The predicted molar refractivity (Wildman–Crippen MR) is 155 cm³/mol. The van der Waals surface area contributed by atoms with E-state index in [4.69, 9.17) is 21.1 Å². The van der Waals surface area contributed by atoms with E-state index in [0.29, 0.717) is 29.5 Å². The Bertz CT molecular complexity index is 1400. The highest BCUT2D eigenvalue weighted by atomic mass is 35.5. The third-order valence-corrected chi connectivity index (χ3v) is 8.28. The van der Waals surface area contributed by atoms with Crippen molar-refractivity contribution in [2.75, 3.05) is 31.6 Å². The lowest BCUT2D eigenvalue weighted by atomic mass is 10.1. The van der Waals surface area contributed by atoms with Crippen LogP contribution >= 0.6 is 11.6 Å². The molecule has 3 rings (SSSR count). The van der Waals surface area contributed by atoms with Crippen molar-refractivity contribution in [1.82, 2.24) is 10.2 Å². The average molecular weight is 588 g/mol. The Morgan fingerprint density at radius 1 is 0.975 bits per heavy atom. The van der Waals surface area contributed by atoms with Gasteiger partial charge in [0.2, 0.25) is 11.8 Å². The Morgan fingerprint density at radius 2 is 1.65 bits per heavy atom. The van der Waals surface area contributed by atoms with Crippen molar-refractivity contribution in [2.45, 2.75) is 37.8 Å². The molecular weight excluding hydrogens is 554 g/mol. The molecule has 40 heavy (non-hydrogen) atoms. The summed E-state index contributed by atoms with van der Waals surface area (Å²) in [6, 6.07) is 18.5. The van der Waals surface area contributed by atoms with E-state index >= 15 is 0 Å². The molecule has 0 saturated carbocycles. The van der Waals surface area contributed by atoms with E-state index in [1.54, 1.807) is 49.4 Å². The van der Waals surface area contributed by atoms with Crippen LogP contribution in [0.5, 0.6) is 11.5 Å². The summed E-state index contributed by atoms with van der Waals surface area (Å²) in [6.45, 7) is 3.61. The number of likely N-dealkylation sites (N-methyl/N-ethyl adjacent to an activating group) is 1. The van der Waals surface area contributed by atoms with Crippen LogP contribution in [0.4, 0.5) is 5.69 Å². The third kappa shape index (κ3) is 7.45. The molecule has 0 aliphatic rings. The van der Waals surface area contributed by atoms with Gasteiger partial charge in [0, 0.05) is 18.6 Å². The quantitative estimate of drug-likeness (QED) is 0.316. The first-order valence-corrected chi connectivity index (χ1v) is 14.6. The largest absolute Gasteiger partial charge is 0.497 e. The van der Waals surface area contributed by atoms with Gasteiger partial charge in [0.1, 0.15) is 24.1 Å². The molecule has 0 aliphatic carbocycles. The molecule has 0 fully saturated rings. The SMILES string of the molecule is CCOc1ccc(N(CC(=O)N(Cc2cccc(OC)c2)[C@H](CC)C(=O)NC)S(=O)(=O)c2ccc(Cl)cc2)cc1. The van der Waals surface area contributed by atoms with Crippen molar-refractivity contribution in [1.29, 1.82) is 0 Å². The van der Waals surface area contributed by atoms with Crippen LogP contribution in [0.15, 0.2) is 77.7 Å². The molecule has 3 aromatic carbocycles. The first-order valence-electron chi connectivity index (χ1n) is 12.8. The van der Waals surface area contributed by atoms with Gasteiger partial charge >= 0.3 is 0 Å². The van der Waals surface area contributed by atoms with Crippen molar-refractivity contribution in [2.24, 2.45) is 0 Å². The molecular formula is C29H34ClN3O6S. The number of hydrogen-bond donors (Lipinski definition) is 1. The summed E-state index contributed by atoms with van der Waals surface area (Å²) in [4.78, 5) is 28.2. The van der Waals surface area contributed by atoms with Crippen LogP contribution in [0.3, 0.4) is 0 Å². The molecule has 9 nitrogen and oxygen atoms in total. The maximum Gasteiger partial charge on any atom is 0.264 e. The van der Waals surface area contributed by atoms with E-state index in [0.717, 1.165) is 9.87 Å². The van der Waals surface area contributed by atoms with Crippen molar-refractivity contribution < 1.29 is 27.5 Å².